The standard InChI is InChI=1S/C19H20N2O5S/c1-25-14-7-8-15-16(10-14)21-18(20-15)11-26-13-5-3-12(4-6-13)9-17(19(22)23)27(2)24/h3-8,10,17H,9,11H2,1-2H3,(H,20,21)(H,22,23). The lowest BCUT2D eigenvalue weighted by molar-refractivity contribution is -0.136. The van der Waals surface area contributed by atoms with Crippen LogP contribution in [0.2, 0.25) is 0 Å². The smallest absolute Gasteiger partial charge is 0.319 e. The minimum atomic E-state index is -1.43. The SMILES string of the molecule is COc1ccc2nc(COc3ccc(CC(C(=O)O)S(C)=O)cc3)[nH]c2c1. The number of nitrogens with one attached hydrogen (secondary N) is 1. The van der Waals surface area contributed by atoms with Crippen molar-refractivity contribution in [1.29, 1.82) is 0 Å². The number of carboxylic acid groups (broad SMARTS) is 1. The lowest BCUT2D eigenvalue weighted by Crippen LogP contribution is -2.27. The topological polar surface area (TPSA) is 102 Å². The van der Waals surface area contributed by atoms with Gasteiger partial charge in [0.1, 0.15) is 29.2 Å². The van der Waals surface area contributed by atoms with E-state index in [-0.39, 0.29) is 13.0 Å². The number of aromatic amines is 1. The second-order valence-electron chi connectivity index (χ2n) is 6.03. The number of aliphatic carboxylic acids is 1. The Morgan fingerprint density at radius 1 is 1.22 bits per heavy atom. The molecule has 0 aliphatic carbocycles. The van der Waals surface area contributed by atoms with Crippen LogP contribution in [0.5, 0.6) is 11.5 Å². The van der Waals surface area contributed by atoms with Crippen molar-refractivity contribution in [3.8, 4) is 11.5 Å². The van der Waals surface area contributed by atoms with Crippen molar-refractivity contribution < 1.29 is 23.6 Å². The molecule has 3 aromatic rings. The van der Waals surface area contributed by atoms with Crippen LogP contribution in [0.4, 0.5) is 0 Å². The number of H-pyrrole nitrogens is 1. The Labute approximate surface area is 158 Å². The maximum atomic E-state index is 11.5. The predicted octanol–water partition coefficient (Wildman–Crippen LogP) is 2.52. The number of methoxy groups -OCH3 is 1. The first-order chi connectivity index (χ1) is 13.0. The highest BCUT2D eigenvalue weighted by Gasteiger charge is 2.21. The molecule has 3 rings (SSSR count). The molecule has 0 spiro atoms. The lowest BCUT2D eigenvalue weighted by Gasteiger charge is -2.10. The summed E-state index contributed by atoms with van der Waals surface area (Å²) in [5, 5.41) is 8.21. The first-order valence-corrected chi connectivity index (χ1v) is 9.88. The van der Waals surface area contributed by atoms with Gasteiger partial charge < -0.3 is 19.6 Å². The largest absolute Gasteiger partial charge is 0.497 e. The van der Waals surface area contributed by atoms with E-state index in [4.69, 9.17) is 14.6 Å². The number of nitrogens with zero attached hydrogens (tertiary/aromatic N) is 1. The molecule has 0 saturated heterocycles. The van der Waals surface area contributed by atoms with Gasteiger partial charge in [0.2, 0.25) is 0 Å². The predicted molar refractivity (Wildman–Crippen MR) is 103 cm³/mol. The number of aromatic nitrogens is 2. The van der Waals surface area contributed by atoms with Gasteiger partial charge in [-0.25, -0.2) is 4.98 Å². The van der Waals surface area contributed by atoms with Gasteiger partial charge in [-0.05, 0) is 36.2 Å². The Balaban J connectivity index is 1.63. The van der Waals surface area contributed by atoms with E-state index in [1.807, 2.05) is 18.2 Å². The maximum absolute atomic E-state index is 11.5. The van der Waals surface area contributed by atoms with Gasteiger partial charge in [-0.3, -0.25) is 9.00 Å². The summed E-state index contributed by atoms with van der Waals surface area (Å²) in [6.45, 7) is 0.271. The van der Waals surface area contributed by atoms with Gasteiger partial charge in [0, 0.05) is 23.1 Å². The van der Waals surface area contributed by atoms with E-state index in [1.165, 1.54) is 6.26 Å². The molecule has 0 aliphatic heterocycles. The van der Waals surface area contributed by atoms with Crippen LogP contribution in [0.15, 0.2) is 42.5 Å². The van der Waals surface area contributed by atoms with Gasteiger partial charge in [-0.15, -0.1) is 0 Å². The normalized spacial score (nSPS) is 13.3. The molecule has 0 fully saturated rings. The van der Waals surface area contributed by atoms with Crippen molar-refractivity contribution in [2.45, 2.75) is 18.3 Å². The number of hydrogen-bond acceptors (Lipinski definition) is 5. The zero-order valence-electron chi connectivity index (χ0n) is 15.0. The molecule has 2 unspecified atom stereocenters. The Kier molecular flexibility index (Phi) is 5.75. The van der Waals surface area contributed by atoms with E-state index in [0.29, 0.717) is 11.6 Å². The van der Waals surface area contributed by atoms with E-state index in [2.05, 4.69) is 9.97 Å². The second kappa shape index (κ2) is 8.22. The van der Waals surface area contributed by atoms with Gasteiger partial charge in [0.15, 0.2) is 0 Å². The third kappa shape index (κ3) is 4.65. The fourth-order valence-electron chi connectivity index (χ4n) is 2.67. The van der Waals surface area contributed by atoms with Gasteiger partial charge in [0.05, 0.1) is 18.1 Å². The van der Waals surface area contributed by atoms with Crippen LogP contribution in [0.25, 0.3) is 11.0 Å². The number of ether oxygens (including phenoxy) is 2. The molecular formula is C19H20N2O5S. The fraction of sp³-hybridized carbons (Fsp3) is 0.263. The Morgan fingerprint density at radius 3 is 2.56 bits per heavy atom. The third-order valence-corrected chi connectivity index (χ3v) is 5.30. The number of benzene rings is 2. The van der Waals surface area contributed by atoms with Crippen LogP contribution in [0.1, 0.15) is 11.4 Å². The molecule has 27 heavy (non-hydrogen) atoms. The van der Waals surface area contributed by atoms with Gasteiger partial charge in [-0.1, -0.05) is 12.1 Å². The van der Waals surface area contributed by atoms with Crippen molar-refractivity contribution in [3.05, 3.63) is 53.9 Å². The van der Waals surface area contributed by atoms with Crippen LogP contribution >= 0.6 is 0 Å². The summed E-state index contributed by atoms with van der Waals surface area (Å²) in [6, 6.07) is 12.7. The van der Waals surface area contributed by atoms with Crippen molar-refractivity contribution >= 4 is 27.8 Å². The molecule has 0 aliphatic rings. The minimum absolute atomic E-state index is 0.212. The third-order valence-electron chi connectivity index (χ3n) is 4.13. The Hall–Kier alpha value is -2.87. The number of hydrogen-bond donors (Lipinski definition) is 2. The molecule has 0 amide bonds. The van der Waals surface area contributed by atoms with Crippen LogP contribution in [0.3, 0.4) is 0 Å². The van der Waals surface area contributed by atoms with E-state index >= 15 is 0 Å². The van der Waals surface area contributed by atoms with Crippen LogP contribution < -0.4 is 9.47 Å². The van der Waals surface area contributed by atoms with Gasteiger partial charge in [0.25, 0.3) is 0 Å². The number of carbonyl (C=O) groups is 1. The van der Waals surface area contributed by atoms with Crippen molar-refractivity contribution in [3.63, 3.8) is 0 Å². The van der Waals surface area contributed by atoms with E-state index in [0.717, 1.165) is 22.3 Å². The van der Waals surface area contributed by atoms with Gasteiger partial charge in [-0.2, -0.15) is 0 Å². The summed E-state index contributed by atoms with van der Waals surface area (Å²) in [5.74, 6) is 1.02. The summed E-state index contributed by atoms with van der Waals surface area (Å²) in [4.78, 5) is 18.8. The zero-order valence-corrected chi connectivity index (χ0v) is 15.8. The maximum Gasteiger partial charge on any atom is 0.319 e. The van der Waals surface area contributed by atoms with Crippen LogP contribution in [-0.2, 0) is 28.6 Å². The molecule has 2 N–H and O–H groups in total. The molecule has 2 atom stereocenters. The summed E-state index contributed by atoms with van der Waals surface area (Å²) < 4.78 is 22.4. The van der Waals surface area contributed by atoms with Crippen molar-refractivity contribution in [1.82, 2.24) is 9.97 Å². The van der Waals surface area contributed by atoms with Crippen LogP contribution in [-0.4, -0.2) is 43.9 Å². The summed E-state index contributed by atoms with van der Waals surface area (Å²) in [6.07, 6.45) is 1.61. The number of carboxylic acids is 1. The van der Waals surface area contributed by atoms with Crippen LogP contribution in [0, 0.1) is 0 Å². The number of imidazole rings is 1. The average molecular weight is 388 g/mol. The second-order valence-corrected chi connectivity index (χ2v) is 7.60. The number of rotatable bonds is 8. The van der Waals surface area contributed by atoms with Gasteiger partial charge >= 0.3 is 5.97 Å². The molecule has 1 aromatic heterocycles. The quantitative estimate of drug-likeness (QED) is 0.615. The Bertz CT molecular complexity index is 954. The van der Waals surface area contributed by atoms with Crippen molar-refractivity contribution in [2.75, 3.05) is 13.4 Å². The molecular weight excluding hydrogens is 368 g/mol. The highest BCUT2D eigenvalue weighted by atomic mass is 32.2. The molecule has 0 radical (unpaired) electrons. The first kappa shape index (κ1) is 18.9. The summed E-state index contributed by atoms with van der Waals surface area (Å²) in [5.41, 5.74) is 2.49. The molecule has 1 heterocycles. The lowest BCUT2D eigenvalue weighted by atomic mass is 10.1. The van der Waals surface area contributed by atoms with Crippen molar-refractivity contribution in [2.24, 2.45) is 0 Å². The molecule has 7 nitrogen and oxygen atoms in total. The highest BCUT2D eigenvalue weighted by molar-refractivity contribution is 7.85. The zero-order chi connectivity index (χ0) is 19.4. The summed E-state index contributed by atoms with van der Waals surface area (Å²) in [7, 11) is 0.183. The average Bonchev–Trinajstić information content (AvgIpc) is 3.06. The molecule has 0 saturated carbocycles. The van der Waals surface area contributed by atoms with E-state index in [9.17, 15) is 9.00 Å². The molecule has 2 aromatic carbocycles. The minimum Gasteiger partial charge on any atom is -0.497 e. The highest BCUT2D eigenvalue weighted by Crippen LogP contribution is 2.20. The van der Waals surface area contributed by atoms with E-state index < -0.39 is 22.0 Å². The Morgan fingerprint density at radius 2 is 1.93 bits per heavy atom. The number of fused-ring (bicyclic) bond motifs is 1. The summed E-state index contributed by atoms with van der Waals surface area (Å²) >= 11 is 0. The fourth-order valence-corrected chi connectivity index (χ4v) is 3.38. The monoisotopic (exact) mass is 388 g/mol. The first-order valence-electron chi connectivity index (χ1n) is 8.25. The van der Waals surface area contributed by atoms with E-state index in [1.54, 1.807) is 31.4 Å². The molecule has 142 valence electrons. The molecule has 8 heteroatoms. The molecule has 0 bridgehead atoms.